The van der Waals surface area contributed by atoms with E-state index in [9.17, 15) is 14.7 Å². The summed E-state index contributed by atoms with van der Waals surface area (Å²) in [5, 5.41) is 15.6. The number of carbonyl (C=O) groups excluding carboxylic acids is 2. The smallest absolute Gasteiger partial charge is 0.276 e. The van der Waals surface area contributed by atoms with Crippen molar-refractivity contribution in [1.29, 1.82) is 0 Å². The van der Waals surface area contributed by atoms with Crippen LogP contribution in [0.1, 0.15) is 16.1 Å². The fourth-order valence-electron chi connectivity index (χ4n) is 3.03. The highest BCUT2D eigenvalue weighted by molar-refractivity contribution is 6.31. The van der Waals surface area contributed by atoms with E-state index in [0.29, 0.717) is 10.7 Å². The molecular formula is C21H22ClN3O4. The van der Waals surface area contributed by atoms with E-state index >= 15 is 0 Å². The zero-order valence-electron chi connectivity index (χ0n) is 16.1. The fraction of sp³-hybridized carbons (Fsp3) is 0.238. The minimum Gasteiger partial charge on any atom is -0.381 e. The number of fused-ring (bicyclic) bond motifs is 1. The molecule has 1 heterocycles. The van der Waals surface area contributed by atoms with E-state index in [1.165, 1.54) is 14.2 Å². The van der Waals surface area contributed by atoms with Crippen LogP contribution in [0.15, 0.2) is 54.6 Å². The van der Waals surface area contributed by atoms with Gasteiger partial charge in [0.2, 0.25) is 0 Å². The number of likely N-dealkylation sites (N-methyl/N-ethyl adjacent to an activating group) is 1. The Morgan fingerprint density at radius 1 is 1.21 bits per heavy atom. The molecule has 0 aliphatic carbocycles. The summed E-state index contributed by atoms with van der Waals surface area (Å²) in [4.78, 5) is 33.1. The van der Waals surface area contributed by atoms with Gasteiger partial charge in [-0.3, -0.25) is 14.4 Å². The number of H-pyrrole nitrogens is 1. The summed E-state index contributed by atoms with van der Waals surface area (Å²) < 4.78 is 0. The Bertz CT molecular complexity index is 1010. The van der Waals surface area contributed by atoms with Gasteiger partial charge in [0.25, 0.3) is 11.8 Å². The first-order chi connectivity index (χ1) is 13.9. The Kier molecular flexibility index (Phi) is 6.53. The first kappa shape index (κ1) is 20.9. The number of aromatic amines is 1. The van der Waals surface area contributed by atoms with E-state index in [1.807, 2.05) is 30.3 Å². The van der Waals surface area contributed by atoms with Crippen LogP contribution in [0.25, 0.3) is 10.9 Å². The van der Waals surface area contributed by atoms with Crippen molar-refractivity contribution in [3.05, 3.63) is 70.9 Å². The summed E-state index contributed by atoms with van der Waals surface area (Å²) in [6.45, 7) is 0. The Morgan fingerprint density at radius 3 is 2.62 bits per heavy atom. The molecule has 3 aromatic rings. The van der Waals surface area contributed by atoms with Crippen molar-refractivity contribution in [3.63, 3.8) is 0 Å². The highest BCUT2D eigenvalue weighted by Crippen LogP contribution is 2.20. The maximum Gasteiger partial charge on any atom is 0.276 e. The van der Waals surface area contributed by atoms with Crippen molar-refractivity contribution >= 4 is 34.3 Å². The molecule has 8 heteroatoms. The quantitative estimate of drug-likeness (QED) is 0.517. The van der Waals surface area contributed by atoms with Crippen LogP contribution in [0.5, 0.6) is 0 Å². The van der Waals surface area contributed by atoms with Gasteiger partial charge in [-0.2, -0.15) is 0 Å². The lowest BCUT2D eigenvalue weighted by Gasteiger charge is -2.26. The topological polar surface area (TPSA) is 94.7 Å². The van der Waals surface area contributed by atoms with E-state index < -0.39 is 24.0 Å². The molecule has 0 radical (unpaired) electrons. The third kappa shape index (κ3) is 4.95. The van der Waals surface area contributed by atoms with Crippen molar-refractivity contribution in [2.45, 2.75) is 18.6 Å². The second-order valence-electron chi connectivity index (χ2n) is 6.65. The summed E-state index contributed by atoms with van der Waals surface area (Å²) in [6, 6.07) is 15.4. The molecule has 2 unspecified atom stereocenters. The number of aliphatic hydroxyl groups excluding tert-OH is 1. The predicted octanol–water partition coefficient (Wildman–Crippen LogP) is 2.54. The summed E-state index contributed by atoms with van der Waals surface area (Å²) in [5.41, 5.74) is 1.93. The molecule has 0 bridgehead atoms. The summed E-state index contributed by atoms with van der Waals surface area (Å²) >= 11 is 6.00. The lowest BCUT2D eigenvalue weighted by molar-refractivity contribution is -0.179. The van der Waals surface area contributed by atoms with Crippen LogP contribution in [0.3, 0.4) is 0 Å². The lowest BCUT2D eigenvalue weighted by Crippen LogP contribution is -2.51. The molecule has 152 valence electrons. The lowest BCUT2D eigenvalue weighted by atomic mass is 10.0. The number of nitrogens with one attached hydrogen (secondary N) is 2. The van der Waals surface area contributed by atoms with Gasteiger partial charge in [0, 0.05) is 23.0 Å². The maximum atomic E-state index is 12.8. The van der Waals surface area contributed by atoms with Crippen LogP contribution in [-0.4, -0.2) is 53.3 Å². The minimum absolute atomic E-state index is 0.267. The van der Waals surface area contributed by atoms with E-state index in [4.69, 9.17) is 16.4 Å². The Balaban J connectivity index is 1.84. The van der Waals surface area contributed by atoms with Crippen LogP contribution in [-0.2, 0) is 16.1 Å². The Morgan fingerprint density at radius 2 is 1.93 bits per heavy atom. The van der Waals surface area contributed by atoms with Gasteiger partial charge in [0.15, 0.2) is 6.10 Å². The van der Waals surface area contributed by atoms with Gasteiger partial charge in [0.1, 0.15) is 5.69 Å². The molecule has 7 nitrogen and oxygen atoms in total. The SMILES string of the molecule is CON(C)C(=O)C(O)C(Cc1ccccc1)NC(=O)c1cc2cc(Cl)ccc2[nH]1. The van der Waals surface area contributed by atoms with E-state index in [0.717, 1.165) is 21.5 Å². The van der Waals surface area contributed by atoms with Gasteiger partial charge >= 0.3 is 0 Å². The fourth-order valence-corrected chi connectivity index (χ4v) is 3.21. The highest BCUT2D eigenvalue weighted by atomic mass is 35.5. The van der Waals surface area contributed by atoms with Crippen LogP contribution < -0.4 is 5.32 Å². The molecule has 0 saturated carbocycles. The van der Waals surface area contributed by atoms with E-state index in [2.05, 4.69) is 10.3 Å². The number of rotatable bonds is 7. The van der Waals surface area contributed by atoms with Crippen molar-refractivity contribution in [1.82, 2.24) is 15.4 Å². The second kappa shape index (κ2) is 9.09. The molecule has 3 rings (SSSR count). The molecule has 1 aromatic heterocycles. The monoisotopic (exact) mass is 415 g/mol. The van der Waals surface area contributed by atoms with Crippen molar-refractivity contribution in [2.24, 2.45) is 0 Å². The molecule has 0 spiro atoms. The number of hydrogen-bond donors (Lipinski definition) is 3. The zero-order valence-corrected chi connectivity index (χ0v) is 16.8. The van der Waals surface area contributed by atoms with Crippen LogP contribution in [0, 0.1) is 0 Å². The van der Waals surface area contributed by atoms with Gasteiger partial charge in [-0.15, -0.1) is 0 Å². The van der Waals surface area contributed by atoms with Crippen molar-refractivity contribution in [3.8, 4) is 0 Å². The number of aromatic nitrogens is 1. The number of carbonyl (C=O) groups is 2. The minimum atomic E-state index is -1.48. The zero-order chi connectivity index (χ0) is 21.0. The number of nitrogens with zero attached hydrogens (tertiary/aromatic N) is 1. The molecule has 29 heavy (non-hydrogen) atoms. The number of hydrogen-bond acceptors (Lipinski definition) is 4. The average Bonchev–Trinajstić information content (AvgIpc) is 3.15. The maximum absolute atomic E-state index is 12.8. The molecule has 0 saturated heterocycles. The summed E-state index contributed by atoms with van der Waals surface area (Å²) in [7, 11) is 2.72. The molecule has 2 atom stereocenters. The van der Waals surface area contributed by atoms with E-state index in [1.54, 1.807) is 24.3 Å². The van der Waals surface area contributed by atoms with Crippen LogP contribution >= 0.6 is 11.6 Å². The second-order valence-corrected chi connectivity index (χ2v) is 7.08. The summed E-state index contributed by atoms with van der Waals surface area (Å²) in [6.07, 6.45) is -1.22. The third-order valence-electron chi connectivity index (χ3n) is 4.66. The predicted molar refractivity (Wildman–Crippen MR) is 110 cm³/mol. The largest absolute Gasteiger partial charge is 0.381 e. The van der Waals surface area contributed by atoms with Crippen LogP contribution in [0.4, 0.5) is 0 Å². The van der Waals surface area contributed by atoms with Gasteiger partial charge < -0.3 is 15.4 Å². The molecule has 0 aliphatic rings. The molecule has 2 aromatic carbocycles. The molecule has 2 amide bonds. The molecular weight excluding hydrogens is 394 g/mol. The van der Waals surface area contributed by atoms with E-state index in [-0.39, 0.29) is 6.42 Å². The number of hydroxylamine groups is 2. The Hall–Kier alpha value is -2.87. The number of benzene rings is 2. The number of amides is 2. The third-order valence-corrected chi connectivity index (χ3v) is 4.90. The number of halogens is 1. The highest BCUT2D eigenvalue weighted by Gasteiger charge is 2.31. The van der Waals surface area contributed by atoms with Crippen LogP contribution in [0.2, 0.25) is 5.02 Å². The standard InChI is InChI=1S/C21H22ClN3O4/c1-25(29-2)21(28)19(26)17(10-13-6-4-3-5-7-13)24-20(27)18-12-14-11-15(22)8-9-16(14)23-18/h3-9,11-12,17,19,23,26H,10H2,1-2H3,(H,24,27). The number of aliphatic hydroxyl groups is 1. The van der Waals surface area contributed by atoms with Gasteiger partial charge in [-0.25, -0.2) is 5.06 Å². The van der Waals surface area contributed by atoms with Crippen molar-refractivity contribution < 1.29 is 19.5 Å². The first-order valence-electron chi connectivity index (χ1n) is 9.02. The average molecular weight is 416 g/mol. The molecule has 3 N–H and O–H groups in total. The van der Waals surface area contributed by atoms with Crippen molar-refractivity contribution in [2.75, 3.05) is 14.2 Å². The normalized spacial score (nSPS) is 13.1. The molecule has 0 fully saturated rings. The van der Waals surface area contributed by atoms with Gasteiger partial charge in [-0.05, 0) is 36.2 Å². The first-order valence-corrected chi connectivity index (χ1v) is 9.39. The molecule has 0 aliphatic heterocycles. The Labute approximate surface area is 173 Å². The van der Waals surface area contributed by atoms with Gasteiger partial charge in [0.05, 0.1) is 13.2 Å². The van der Waals surface area contributed by atoms with Gasteiger partial charge in [-0.1, -0.05) is 41.9 Å². The summed E-state index contributed by atoms with van der Waals surface area (Å²) in [5.74, 6) is -1.10.